The summed E-state index contributed by atoms with van der Waals surface area (Å²) in [5, 5.41) is 46.7. The molecule has 10 amide bonds. The van der Waals surface area contributed by atoms with Gasteiger partial charge in [0.25, 0.3) is 0 Å². The minimum Gasteiger partial charge on any atom is -0.508 e. The third-order valence-corrected chi connectivity index (χ3v) is 7.35. The van der Waals surface area contributed by atoms with Crippen LogP contribution in [0, 0.1) is 0 Å². The summed E-state index contributed by atoms with van der Waals surface area (Å²) in [6.07, 6.45) is -1.86. The largest absolute Gasteiger partial charge is 0.508 e. The van der Waals surface area contributed by atoms with E-state index in [1.165, 1.54) is 31.2 Å². The molecule has 0 aromatic heterocycles. The van der Waals surface area contributed by atoms with Crippen molar-refractivity contribution in [3.63, 3.8) is 0 Å². The van der Waals surface area contributed by atoms with Gasteiger partial charge in [-0.3, -0.25) is 47.9 Å². The molecule has 0 radical (unpaired) electrons. The Morgan fingerprint density at radius 3 is 1.49 bits per heavy atom. The van der Waals surface area contributed by atoms with Gasteiger partial charge >= 0.3 is 0 Å². The first-order chi connectivity index (χ1) is 24.9. The average Bonchev–Trinajstić information content (AvgIpc) is 3.09. The first-order valence-corrected chi connectivity index (χ1v) is 15.9. The third kappa shape index (κ3) is 14.4. The number of amides is 10. The van der Waals surface area contributed by atoms with Gasteiger partial charge in [-0.2, -0.15) is 0 Å². The standard InChI is InChI=1S/C30H42N10O13/c1-13-25(48)33-9-23(46)36-18(8-22(32)45)28(51)40-20(12-42)30(53)39-17(7-21(31)44)26(49)34-10-24(47)37-19(11-41)29(52)38-16(27(50)35-13)6-14-2-4-15(43)5-3-14/h2-5,13,16-20,41-43H,6-12H2,1H3,(H2,31,44)(H2,32,45)(H,33,48)(H,34,49)(H,35,50)(H,36,46)(H,37,47)(H,38,52)(H,39,53)(H,40,51)/t13-,16-,17-,18-,19-,20-/m0/s1. The molecule has 0 spiro atoms. The van der Waals surface area contributed by atoms with Crippen molar-refractivity contribution in [3.05, 3.63) is 29.8 Å². The molecule has 23 nitrogen and oxygen atoms in total. The molecule has 1 aromatic rings. The van der Waals surface area contributed by atoms with Gasteiger partial charge in [0.2, 0.25) is 59.1 Å². The second kappa shape index (κ2) is 20.5. The van der Waals surface area contributed by atoms with Gasteiger partial charge in [-0.1, -0.05) is 12.1 Å². The highest BCUT2D eigenvalue weighted by Crippen LogP contribution is 2.12. The molecule has 0 saturated carbocycles. The number of benzene rings is 1. The Hall–Kier alpha value is -6.36. The summed E-state index contributed by atoms with van der Waals surface area (Å²) in [4.78, 5) is 127. The molecule has 1 saturated heterocycles. The number of hydrogen-bond donors (Lipinski definition) is 13. The van der Waals surface area contributed by atoms with Crippen molar-refractivity contribution < 1.29 is 63.3 Å². The van der Waals surface area contributed by atoms with E-state index in [4.69, 9.17) is 11.5 Å². The van der Waals surface area contributed by atoms with Gasteiger partial charge in [-0.05, 0) is 24.6 Å². The molecule has 1 aliphatic heterocycles. The number of phenolic OH excluding ortho intramolecular Hbond substituents is 1. The number of rotatable bonds is 8. The number of nitrogens with two attached hydrogens (primary N) is 2. The number of carbonyl (C=O) groups is 10. The van der Waals surface area contributed by atoms with E-state index in [1.54, 1.807) is 0 Å². The summed E-state index contributed by atoms with van der Waals surface area (Å²) >= 11 is 0. The summed E-state index contributed by atoms with van der Waals surface area (Å²) in [5.74, 6) is -10.9. The summed E-state index contributed by atoms with van der Waals surface area (Å²) in [5.41, 5.74) is 10.8. The van der Waals surface area contributed by atoms with Crippen LogP contribution in [-0.4, -0.2) is 137 Å². The minimum absolute atomic E-state index is 0.0975. The van der Waals surface area contributed by atoms with Crippen molar-refractivity contribution in [1.82, 2.24) is 42.5 Å². The van der Waals surface area contributed by atoms with E-state index >= 15 is 0 Å². The molecule has 1 fully saturated rings. The van der Waals surface area contributed by atoms with Gasteiger partial charge in [-0.15, -0.1) is 0 Å². The molecule has 53 heavy (non-hydrogen) atoms. The van der Waals surface area contributed by atoms with Crippen LogP contribution in [0.5, 0.6) is 5.75 Å². The van der Waals surface area contributed by atoms with Gasteiger partial charge < -0.3 is 69.3 Å². The number of aromatic hydroxyl groups is 1. The number of phenols is 1. The minimum atomic E-state index is -1.84. The van der Waals surface area contributed by atoms with E-state index in [9.17, 15) is 63.3 Å². The number of aliphatic hydroxyl groups excluding tert-OH is 2. The Kier molecular flexibility index (Phi) is 16.5. The molecule has 2 rings (SSSR count). The van der Waals surface area contributed by atoms with E-state index in [-0.39, 0.29) is 12.2 Å². The second-order valence-electron chi connectivity index (χ2n) is 11.7. The number of nitrogens with one attached hydrogen (secondary N) is 8. The molecule has 1 aromatic carbocycles. The Morgan fingerprint density at radius 2 is 0.981 bits per heavy atom. The Balaban J connectivity index is 2.44. The Labute approximate surface area is 300 Å². The van der Waals surface area contributed by atoms with E-state index in [0.29, 0.717) is 5.56 Å². The van der Waals surface area contributed by atoms with Crippen LogP contribution in [0.1, 0.15) is 25.3 Å². The van der Waals surface area contributed by atoms with Crippen LogP contribution in [0.25, 0.3) is 0 Å². The van der Waals surface area contributed by atoms with E-state index < -0.39 is 134 Å². The molecular weight excluding hydrogens is 708 g/mol. The maximum Gasteiger partial charge on any atom is 0.245 e. The number of primary amides is 2. The fourth-order valence-electron chi connectivity index (χ4n) is 4.58. The maximum absolute atomic E-state index is 13.3. The molecule has 6 atom stereocenters. The van der Waals surface area contributed by atoms with Crippen LogP contribution in [-0.2, 0) is 54.4 Å². The van der Waals surface area contributed by atoms with Gasteiger partial charge in [0, 0.05) is 6.42 Å². The van der Waals surface area contributed by atoms with Crippen LogP contribution < -0.4 is 54.0 Å². The summed E-state index contributed by atoms with van der Waals surface area (Å²) < 4.78 is 0. The highest BCUT2D eigenvalue weighted by molar-refractivity contribution is 5.99. The van der Waals surface area contributed by atoms with Crippen LogP contribution in [0.2, 0.25) is 0 Å². The van der Waals surface area contributed by atoms with Crippen LogP contribution in [0.3, 0.4) is 0 Å². The average molecular weight is 751 g/mol. The first kappa shape index (κ1) is 42.8. The Morgan fingerprint density at radius 1 is 0.585 bits per heavy atom. The fraction of sp³-hybridized carbons (Fsp3) is 0.467. The van der Waals surface area contributed by atoms with E-state index in [0.717, 1.165) is 0 Å². The van der Waals surface area contributed by atoms with Crippen molar-refractivity contribution >= 4 is 59.1 Å². The Bertz CT molecular complexity index is 1570. The number of aliphatic hydroxyl groups is 2. The smallest absolute Gasteiger partial charge is 0.245 e. The van der Waals surface area contributed by atoms with Gasteiger partial charge in [0.05, 0.1) is 39.1 Å². The molecule has 290 valence electrons. The summed E-state index contributed by atoms with van der Waals surface area (Å²) in [7, 11) is 0. The molecule has 1 aliphatic rings. The van der Waals surface area contributed by atoms with E-state index in [2.05, 4.69) is 42.5 Å². The predicted molar refractivity (Wildman–Crippen MR) is 177 cm³/mol. The molecule has 23 heteroatoms. The zero-order valence-electron chi connectivity index (χ0n) is 28.3. The zero-order chi connectivity index (χ0) is 39.8. The number of carbonyl (C=O) groups excluding carboxylic acids is 10. The fourth-order valence-corrected chi connectivity index (χ4v) is 4.58. The monoisotopic (exact) mass is 750 g/mol. The SMILES string of the molecule is C[C@@H]1NC(=O)[C@H](Cc2ccc(O)cc2)NC(=O)[C@H](CO)NC(=O)CNC(=O)[C@H](CC(N)=O)NC(=O)[C@H](CO)NC(=O)[C@H](CC(N)=O)NC(=O)CNC1=O. The molecule has 0 unspecified atom stereocenters. The molecular formula is C30H42N10O13. The van der Waals surface area contributed by atoms with Crippen molar-refractivity contribution in [3.8, 4) is 5.75 Å². The summed E-state index contributed by atoms with van der Waals surface area (Å²) in [6.45, 7) is -2.54. The quantitative estimate of drug-likeness (QED) is 0.118. The van der Waals surface area contributed by atoms with Crippen LogP contribution in [0.4, 0.5) is 0 Å². The lowest BCUT2D eigenvalue weighted by Gasteiger charge is -2.25. The predicted octanol–water partition coefficient (Wildman–Crippen LogP) is -8.16. The summed E-state index contributed by atoms with van der Waals surface area (Å²) in [6, 6.07) is -4.33. The van der Waals surface area contributed by atoms with Crippen molar-refractivity contribution in [1.29, 1.82) is 0 Å². The normalized spacial score (nSPS) is 24.7. The van der Waals surface area contributed by atoms with Crippen molar-refractivity contribution in [2.45, 2.75) is 62.4 Å². The highest BCUT2D eigenvalue weighted by atomic mass is 16.3. The van der Waals surface area contributed by atoms with E-state index in [1.807, 2.05) is 0 Å². The second-order valence-corrected chi connectivity index (χ2v) is 11.7. The number of hydrogen-bond acceptors (Lipinski definition) is 13. The lowest BCUT2D eigenvalue weighted by Crippen LogP contribution is -2.60. The van der Waals surface area contributed by atoms with Gasteiger partial charge in [0.1, 0.15) is 42.0 Å². The molecule has 0 aliphatic carbocycles. The van der Waals surface area contributed by atoms with Gasteiger partial charge in [-0.25, -0.2) is 0 Å². The van der Waals surface area contributed by atoms with Crippen LogP contribution >= 0.6 is 0 Å². The lowest BCUT2D eigenvalue weighted by molar-refractivity contribution is -0.136. The van der Waals surface area contributed by atoms with Crippen LogP contribution in [0.15, 0.2) is 24.3 Å². The molecule has 15 N–H and O–H groups in total. The highest BCUT2D eigenvalue weighted by Gasteiger charge is 2.32. The zero-order valence-corrected chi connectivity index (χ0v) is 28.3. The first-order valence-electron chi connectivity index (χ1n) is 15.9. The van der Waals surface area contributed by atoms with Gasteiger partial charge in [0.15, 0.2) is 0 Å². The topological polar surface area (TPSA) is 380 Å². The van der Waals surface area contributed by atoms with Crippen molar-refractivity contribution in [2.24, 2.45) is 11.5 Å². The molecule has 0 bridgehead atoms. The maximum atomic E-state index is 13.3. The van der Waals surface area contributed by atoms with Crippen molar-refractivity contribution in [2.75, 3.05) is 26.3 Å². The third-order valence-electron chi connectivity index (χ3n) is 7.35. The molecule has 1 heterocycles. The lowest BCUT2D eigenvalue weighted by atomic mass is 10.0.